The van der Waals surface area contributed by atoms with Crippen molar-refractivity contribution in [3.63, 3.8) is 0 Å². The largest absolute Gasteiger partial charge is 0.482 e. The van der Waals surface area contributed by atoms with Gasteiger partial charge in [-0.25, -0.2) is 0 Å². The SMILES string of the molecule is Cc1ccc(NC(=O)CCC(=O)NNC(=O)COc2ccc(Br)cc2Cl)c(C)c1. The van der Waals surface area contributed by atoms with Crippen molar-refractivity contribution in [1.29, 1.82) is 0 Å². The summed E-state index contributed by atoms with van der Waals surface area (Å²) in [5, 5.41) is 3.12. The molecule has 0 unspecified atom stereocenters. The number of ether oxygens (including phenoxy) is 1. The van der Waals surface area contributed by atoms with Crippen molar-refractivity contribution in [2.24, 2.45) is 0 Å². The predicted octanol–water partition coefficient (Wildman–Crippen LogP) is 3.66. The number of hydrogen-bond acceptors (Lipinski definition) is 4. The molecule has 0 fully saturated rings. The zero-order valence-electron chi connectivity index (χ0n) is 16.0. The summed E-state index contributed by atoms with van der Waals surface area (Å²) >= 11 is 9.26. The molecule has 0 saturated carbocycles. The monoisotopic (exact) mass is 481 g/mol. The number of benzene rings is 2. The normalized spacial score (nSPS) is 10.2. The van der Waals surface area contributed by atoms with Gasteiger partial charge in [-0.2, -0.15) is 0 Å². The third-order valence-electron chi connectivity index (χ3n) is 3.83. The summed E-state index contributed by atoms with van der Waals surface area (Å²) in [7, 11) is 0. The molecule has 29 heavy (non-hydrogen) atoms. The molecule has 0 heterocycles. The second-order valence-corrected chi connectivity index (χ2v) is 7.65. The van der Waals surface area contributed by atoms with Crippen LogP contribution in [0.3, 0.4) is 0 Å². The van der Waals surface area contributed by atoms with Crippen LogP contribution in [0.15, 0.2) is 40.9 Å². The lowest BCUT2D eigenvalue weighted by atomic mass is 10.1. The first-order valence-corrected chi connectivity index (χ1v) is 9.94. The van der Waals surface area contributed by atoms with Crippen molar-refractivity contribution in [3.8, 4) is 5.75 Å². The van der Waals surface area contributed by atoms with Gasteiger partial charge >= 0.3 is 0 Å². The number of aryl methyl sites for hydroxylation is 2. The van der Waals surface area contributed by atoms with Crippen LogP contribution in [0.5, 0.6) is 5.75 Å². The van der Waals surface area contributed by atoms with E-state index in [-0.39, 0.29) is 25.4 Å². The first-order chi connectivity index (χ1) is 13.7. The summed E-state index contributed by atoms with van der Waals surface area (Å²) in [6.07, 6.45) is -0.0869. The minimum Gasteiger partial charge on any atom is -0.482 e. The van der Waals surface area contributed by atoms with Crippen LogP contribution in [0.25, 0.3) is 0 Å². The van der Waals surface area contributed by atoms with E-state index in [2.05, 4.69) is 32.1 Å². The van der Waals surface area contributed by atoms with Crippen molar-refractivity contribution < 1.29 is 19.1 Å². The smallest absolute Gasteiger partial charge is 0.276 e. The van der Waals surface area contributed by atoms with E-state index in [0.29, 0.717) is 16.5 Å². The topological polar surface area (TPSA) is 96.5 Å². The van der Waals surface area contributed by atoms with E-state index in [9.17, 15) is 14.4 Å². The number of amides is 3. The molecule has 2 aromatic carbocycles. The van der Waals surface area contributed by atoms with E-state index < -0.39 is 11.8 Å². The molecule has 154 valence electrons. The Bertz CT molecular complexity index is 921. The molecule has 0 aliphatic heterocycles. The molecular formula is C20H21BrClN3O4. The Morgan fingerprint density at radius 1 is 0.966 bits per heavy atom. The number of halogens is 2. The molecule has 7 nitrogen and oxygen atoms in total. The Balaban J connectivity index is 1.68. The first-order valence-electron chi connectivity index (χ1n) is 8.77. The van der Waals surface area contributed by atoms with Gasteiger partial charge < -0.3 is 10.1 Å². The fourth-order valence-corrected chi connectivity index (χ4v) is 3.10. The Morgan fingerprint density at radius 3 is 2.34 bits per heavy atom. The van der Waals surface area contributed by atoms with Crippen molar-refractivity contribution >= 4 is 50.9 Å². The minimum absolute atomic E-state index is 0.0139. The Kier molecular flexibility index (Phi) is 8.48. The van der Waals surface area contributed by atoms with Gasteiger partial charge in [0.05, 0.1) is 5.02 Å². The highest BCUT2D eigenvalue weighted by Crippen LogP contribution is 2.27. The highest BCUT2D eigenvalue weighted by atomic mass is 79.9. The number of carbonyl (C=O) groups excluding carboxylic acids is 3. The van der Waals surface area contributed by atoms with Crippen LogP contribution in [0.1, 0.15) is 24.0 Å². The van der Waals surface area contributed by atoms with E-state index in [1.54, 1.807) is 18.2 Å². The lowest BCUT2D eigenvalue weighted by molar-refractivity contribution is -0.130. The number of hydrazine groups is 1. The van der Waals surface area contributed by atoms with Crippen LogP contribution in [0.4, 0.5) is 5.69 Å². The van der Waals surface area contributed by atoms with Gasteiger partial charge in [-0.3, -0.25) is 25.2 Å². The molecular weight excluding hydrogens is 462 g/mol. The van der Waals surface area contributed by atoms with E-state index >= 15 is 0 Å². The molecule has 0 spiro atoms. The maximum absolute atomic E-state index is 12.0. The fourth-order valence-electron chi connectivity index (χ4n) is 2.37. The molecule has 9 heteroatoms. The third-order valence-corrected chi connectivity index (χ3v) is 4.62. The maximum atomic E-state index is 12.0. The molecule has 3 N–H and O–H groups in total. The van der Waals surface area contributed by atoms with Gasteiger partial charge in [-0.15, -0.1) is 0 Å². The van der Waals surface area contributed by atoms with Crippen molar-refractivity contribution in [1.82, 2.24) is 10.9 Å². The molecule has 3 amide bonds. The summed E-state index contributed by atoms with van der Waals surface area (Å²) in [5.41, 5.74) is 7.22. The minimum atomic E-state index is -0.558. The van der Waals surface area contributed by atoms with Gasteiger partial charge in [0.15, 0.2) is 6.61 Å². The lowest BCUT2D eigenvalue weighted by Crippen LogP contribution is -2.44. The van der Waals surface area contributed by atoms with E-state index in [1.807, 2.05) is 32.0 Å². The van der Waals surface area contributed by atoms with Gasteiger partial charge in [0.1, 0.15) is 5.75 Å². The molecule has 0 saturated heterocycles. The highest BCUT2D eigenvalue weighted by molar-refractivity contribution is 9.10. The molecule has 0 bridgehead atoms. The summed E-state index contributed by atoms with van der Waals surface area (Å²) < 4.78 is 6.08. The van der Waals surface area contributed by atoms with Gasteiger partial charge in [0, 0.05) is 23.0 Å². The Labute approximate surface area is 182 Å². The number of anilines is 1. The van der Waals surface area contributed by atoms with Crippen LogP contribution in [-0.4, -0.2) is 24.3 Å². The average Bonchev–Trinajstić information content (AvgIpc) is 2.66. The van der Waals surface area contributed by atoms with Gasteiger partial charge in [-0.05, 0) is 43.7 Å². The maximum Gasteiger partial charge on any atom is 0.276 e. The molecule has 2 aromatic rings. The van der Waals surface area contributed by atoms with Crippen molar-refractivity contribution in [2.75, 3.05) is 11.9 Å². The van der Waals surface area contributed by atoms with E-state index in [1.165, 1.54) is 0 Å². The highest BCUT2D eigenvalue weighted by Gasteiger charge is 2.11. The Hall–Kier alpha value is -2.58. The summed E-state index contributed by atoms with van der Waals surface area (Å²) in [4.78, 5) is 35.6. The van der Waals surface area contributed by atoms with E-state index in [0.717, 1.165) is 15.6 Å². The number of rotatable bonds is 7. The molecule has 0 radical (unpaired) electrons. The average molecular weight is 483 g/mol. The number of carbonyl (C=O) groups is 3. The standard InChI is InChI=1S/C20H21BrClN3O4/c1-12-3-5-16(13(2)9-12)23-18(26)7-8-19(27)24-25-20(28)11-29-17-6-4-14(21)10-15(17)22/h3-6,9-10H,7-8,11H2,1-2H3,(H,23,26)(H,24,27)(H,25,28). The molecule has 0 atom stereocenters. The molecule has 0 aromatic heterocycles. The summed E-state index contributed by atoms with van der Waals surface area (Å²) in [5.74, 6) is -0.987. The van der Waals surface area contributed by atoms with Crippen LogP contribution in [0, 0.1) is 13.8 Å². The number of nitrogens with one attached hydrogen (secondary N) is 3. The second kappa shape index (κ2) is 10.8. The van der Waals surface area contributed by atoms with Crippen LogP contribution >= 0.6 is 27.5 Å². The zero-order valence-corrected chi connectivity index (χ0v) is 18.3. The predicted molar refractivity (Wildman–Crippen MR) is 115 cm³/mol. The Morgan fingerprint density at radius 2 is 1.66 bits per heavy atom. The van der Waals surface area contributed by atoms with E-state index in [4.69, 9.17) is 16.3 Å². The third kappa shape index (κ3) is 7.75. The molecule has 0 aliphatic rings. The molecule has 0 aliphatic carbocycles. The van der Waals surface area contributed by atoms with Crippen molar-refractivity contribution in [2.45, 2.75) is 26.7 Å². The van der Waals surface area contributed by atoms with Gasteiger partial charge in [0.25, 0.3) is 5.91 Å². The summed E-state index contributed by atoms with van der Waals surface area (Å²) in [6.45, 7) is 3.54. The fraction of sp³-hybridized carbons (Fsp3) is 0.250. The summed E-state index contributed by atoms with van der Waals surface area (Å²) in [6, 6.07) is 10.7. The molecule has 2 rings (SSSR count). The lowest BCUT2D eigenvalue weighted by Gasteiger charge is -2.11. The van der Waals surface area contributed by atoms with Crippen LogP contribution in [-0.2, 0) is 14.4 Å². The zero-order chi connectivity index (χ0) is 21.4. The first kappa shape index (κ1) is 22.7. The van der Waals surface area contributed by atoms with Crippen LogP contribution in [0.2, 0.25) is 5.02 Å². The van der Waals surface area contributed by atoms with Gasteiger partial charge in [0.2, 0.25) is 11.8 Å². The van der Waals surface area contributed by atoms with Crippen molar-refractivity contribution in [3.05, 3.63) is 57.0 Å². The second-order valence-electron chi connectivity index (χ2n) is 6.33. The quantitative estimate of drug-likeness (QED) is 0.525. The number of hydrogen-bond donors (Lipinski definition) is 3. The van der Waals surface area contributed by atoms with Gasteiger partial charge in [-0.1, -0.05) is 45.2 Å². The van der Waals surface area contributed by atoms with Crippen LogP contribution < -0.4 is 20.9 Å².